The Kier molecular flexibility index (Phi) is 14.2. The highest BCUT2D eigenvalue weighted by atomic mass is 32.1. The van der Waals surface area contributed by atoms with E-state index in [9.17, 15) is 29.1 Å². The summed E-state index contributed by atoms with van der Waals surface area (Å²) in [5, 5.41) is 18.1. The van der Waals surface area contributed by atoms with E-state index < -0.39 is 53.4 Å². The maximum Gasteiger partial charge on any atom is 0.311 e. The van der Waals surface area contributed by atoms with Crippen LogP contribution in [0.1, 0.15) is 118 Å². The van der Waals surface area contributed by atoms with E-state index in [1.54, 1.807) is 23.4 Å². The fourth-order valence-electron chi connectivity index (χ4n) is 7.77. The number of aryl methyl sites for hydroxylation is 1. The number of likely N-dealkylation sites (tertiary alicyclic amines) is 1. The largest absolute Gasteiger partial charge is 0.481 e. The van der Waals surface area contributed by atoms with Crippen LogP contribution in [0.3, 0.4) is 0 Å². The molecule has 2 heterocycles. The first kappa shape index (κ1) is 42.6. The standard InChI is InChI=1S/C41H59N5O7S/c1-11-41(8,12-2)35(44-37(49)33-18-25(6)15-16-45(33)9)39(50)46(10)32(23(3)4)21-34(53-26(7)47)38-43-31(22-54-38)36(48)42-28-19-27-14-13-24(5)17-29(27)30(20-28)40(51)52/h11,13-14,17,22-23,25,28,30,32-35H,1,12,15-16,18-21H2,2-10H3,(H,42,48)(H,44,49)(H,51,52)/t25-,28+,30-,32-,33-,34-,35-,41-/m1/s1. The van der Waals surface area contributed by atoms with E-state index in [1.807, 2.05) is 64.8 Å². The minimum Gasteiger partial charge on any atom is -0.481 e. The molecule has 2 aromatic rings. The van der Waals surface area contributed by atoms with Gasteiger partial charge in [0.1, 0.15) is 16.7 Å². The van der Waals surface area contributed by atoms with Crippen molar-refractivity contribution in [2.75, 3.05) is 20.6 Å². The van der Waals surface area contributed by atoms with E-state index in [0.29, 0.717) is 30.2 Å². The summed E-state index contributed by atoms with van der Waals surface area (Å²) >= 11 is 1.18. The number of aromatic nitrogens is 1. The van der Waals surface area contributed by atoms with Crippen molar-refractivity contribution < 1.29 is 33.8 Å². The number of thiazole rings is 1. The molecule has 12 nitrogen and oxygen atoms in total. The first-order valence-corrected chi connectivity index (χ1v) is 19.9. The molecule has 8 atom stereocenters. The van der Waals surface area contributed by atoms with Crippen molar-refractivity contribution >= 4 is 41.0 Å². The lowest BCUT2D eigenvalue weighted by Crippen LogP contribution is -2.60. The van der Waals surface area contributed by atoms with Gasteiger partial charge in [-0.05, 0) is 75.6 Å². The molecule has 0 spiro atoms. The van der Waals surface area contributed by atoms with Gasteiger partial charge in [-0.3, -0.25) is 28.9 Å². The second-order valence-electron chi connectivity index (χ2n) is 16.0. The highest BCUT2D eigenvalue weighted by Crippen LogP contribution is 2.35. The van der Waals surface area contributed by atoms with Crippen LogP contribution in [-0.4, -0.2) is 94.4 Å². The Morgan fingerprint density at radius 2 is 1.93 bits per heavy atom. The number of hydrogen-bond acceptors (Lipinski definition) is 9. The van der Waals surface area contributed by atoms with Gasteiger partial charge >= 0.3 is 11.9 Å². The van der Waals surface area contributed by atoms with E-state index in [-0.39, 0.29) is 42.3 Å². The SMILES string of the molecule is C=C[C@](C)(CC)[C@H](NC(=O)[C@H]1C[C@H](C)CCN1C)C(=O)N(C)[C@H](C[C@@H](OC(C)=O)c1nc(C(=O)N[C@H]2Cc3ccc(C)cc3[C@H](C(=O)O)C2)cs1)C(C)C. The number of carbonyl (C=O) groups is 5. The van der Waals surface area contributed by atoms with Crippen LogP contribution >= 0.6 is 11.3 Å². The molecule has 1 aliphatic carbocycles. The average molecular weight is 766 g/mol. The Balaban J connectivity index is 1.54. The second kappa shape index (κ2) is 18.0. The van der Waals surface area contributed by atoms with Crippen LogP contribution in [0.25, 0.3) is 0 Å². The van der Waals surface area contributed by atoms with Crippen LogP contribution in [0, 0.1) is 24.2 Å². The van der Waals surface area contributed by atoms with Crippen molar-refractivity contribution in [1.82, 2.24) is 25.4 Å². The lowest BCUT2D eigenvalue weighted by Gasteiger charge is -2.42. The molecule has 1 saturated heterocycles. The van der Waals surface area contributed by atoms with E-state index in [4.69, 9.17) is 4.74 Å². The Morgan fingerprint density at radius 1 is 1.22 bits per heavy atom. The maximum absolute atomic E-state index is 14.5. The summed E-state index contributed by atoms with van der Waals surface area (Å²) in [6.07, 6.45) is 4.11. The fourth-order valence-corrected chi connectivity index (χ4v) is 8.61. The molecule has 0 radical (unpaired) electrons. The molecule has 296 valence electrons. The van der Waals surface area contributed by atoms with Gasteiger partial charge in [0.15, 0.2) is 6.10 Å². The predicted octanol–water partition coefficient (Wildman–Crippen LogP) is 5.66. The molecule has 1 aromatic carbocycles. The fraction of sp³-hybridized carbons (Fsp3) is 0.610. The summed E-state index contributed by atoms with van der Waals surface area (Å²) in [6.45, 7) is 18.1. The highest BCUT2D eigenvalue weighted by molar-refractivity contribution is 7.09. The Bertz CT molecular complexity index is 1710. The Labute approximate surface area is 324 Å². The van der Waals surface area contributed by atoms with Gasteiger partial charge in [-0.25, -0.2) is 4.98 Å². The molecule has 1 aliphatic heterocycles. The molecule has 1 aromatic heterocycles. The van der Waals surface area contributed by atoms with Gasteiger partial charge in [-0.1, -0.05) is 64.5 Å². The normalized spacial score (nSPS) is 22.9. The minimum atomic E-state index is -0.937. The number of carboxylic acids is 1. The van der Waals surface area contributed by atoms with Crippen molar-refractivity contribution in [2.45, 2.75) is 123 Å². The van der Waals surface area contributed by atoms with Gasteiger partial charge in [-0.2, -0.15) is 0 Å². The number of hydrogen-bond donors (Lipinski definition) is 3. The van der Waals surface area contributed by atoms with Crippen LogP contribution in [-0.2, 0) is 30.3 Å². The first-order chi connectivity index (χ1) is 25.4. The van der Waals surface area contributed by atoms with Crippen molar-refractivity contribution in [3.8, 4) is 0 Å². The Morgan fingerprint density at radius 3 is 2.54 bits per heavy atom. The van der Waals surface area contributed by atoms with Gasteiger partial charge in [0.05, 0.1) is 12.0 Å². The summed E-state index contributed by atoms with van der Waals surface area (Å²) in [5.74, 6) is -2.81. The summed E-state index contributed by atoms with van der Waals surface area (Å²) < 4.78 is 5.80. The van der Waals surface area contributed by atoms with Crippen molar-refractivity contribution in [2.24, 2.45) is 17.3 Å². The topological polar surface area (TPSA) is 158 Å². The van der Waals surface area contributed by atoms with Crippen molar-refractivity contribution in [3.05, 3.63) is 63.6 Å². The number of ether oxygens (including phenoxy) is 1. The van der Waals surface area contributed by atoms with Gasteiger partial charge < -0.3 is 25.4 Å². The third-order valence-electron chi connectivity index (χ3n) is 11.6. The molecule has 54 heavy (non-hydrogen) atoms. The minimum absolute atomic E-state index is 0.0850. The quantitative estimate of drug-likeness (QED) is 0.154. The summed E-state index contributed by atoms with van der Waals surface area (Å²) in [5.41, 5.74) is 2.05. The molecule has 2 aliphatic rings. The Hall–Kier alpha value is -4.10. The number of amides is 3. The van der Waals surface area contributed by atoms with Gasteiger partial charge in [0, 0.05) is 43.3 Å². The number of esters is 1. The van der Waals surface area contributed by atoms with Gasteiger partial charge in [0.25, 0.3) is 5.91 Å². The van der Waals surface area contributed by atoms with Crippen LogP contribution < -0.4 is 10.6 Å². The number of fused-ring (bicyclic) bond motifs is 1. The molecular formula is C41H59N5O7S. The number of carbonyl (C=O) groups excluding carboxylic acids is 4. The molecule has 13 heteroatoms. The lowest BCUT2D eigenvalue weighted by atomic mass is 9.78. The van der Waals surface area contributed by atoms with Crippen LogP contribution in [0.15, 0.2) is 36.2 Å². The number of carboxylic acid groups (broad SMARTS) is 1. The van der Waals surface area contributed by atoms with Crippen molar-refractivity contribution in [1.29, 1.82) is 0 Å². The van der Waals surface area contributed by atoms with Crippen molar-refractivity contribution in [3.63, 3.8) is 0 Å². The molecule has 0 unspecified atom stereocenters. The zero-order valence-corrected chi connectivity index (χ0v) is 34.1. The van der Waals surface area contributed by atoms with E-state index in [2.05, 4.69) is 29.1 Å². The third kappa shape index (κ3) is 9.95. The lowest BCUT2D eigenvalue weighted by molar-refractivity contribution is -0.149. The number of piperidine rings is 1. The summed E-state index contributed by atoms with van der Waals surface area (Å²) in [6, 6.07) is 3.68. The number of likely N-dealkylation sites (N-methyl/N-ethyl adjacent to an activating group) is 2. The highest BCUT2D eigenvalue weighted by Gasteiger charge is 2.43. The summed E-state index contributed by atoms with van der Waals surface area (Å²) in [7, 11) is 3.65. The maximum atomic E-state index is 14.5. The average Bonchev–Trinajstić information content (AvgIpc) is 3.62. The zero-order chi connectivity index (χ0) is 40.1. The van der Waals surface area contributed by atoms with Crippen LogP contribution in [0.5, 0.6) is 0 Å². The van der Waals surface area contributed by atoms with Crippen LogP contribution in [0.4, 0.5) is 0 Å². The van der Waals surface area contributed by atoms with Crippen LogP contribution in [0.2, 0.25) is 0 Å². The van der Waals surface area contributed by atoms with Gasteiger partial charge in [0.2, 0.25) is 11.8 Å². The molecule has 0 bridgehead atoms. The molecule has 4 rings (SSSR count). The van der Waals surface area contributed by atoms with Gasteiger partial charge in [-0.15, -0.1) is 17.9 Å². The second-order valence-corrected chi connectivity index (χ2v) is 16.9. The number of aliphatic carboxylic acids is 1. The summed E-state index contributed by atoms with van der Waals surface area (Å²) in [4.78, 5) is 74.7. The zero-order valence-electron chi connectivity index (χ0n) is 33.3. The first-order valence-electron chi connectivity index (χ1n) is 19.1. The number of nitrogens with zero attached hydrogens (tertiary/aromatic N) is 3. The molecule has 0 saturated carbocycles. The van der Waals surface area contributed by atoms with E-state index >= 15 is 0 Å². The molecule has 1 fully saturated rings. The predicted molar refractivity (Wildman–Crippen MR) is 209 cm³/mol. The molecule has 3 N–H and O–H groups in total. The molecular weight excluding hydrogens is 707 g/mol. The van der Waals surface area contributed by atoms with E-state index in [0.717, 1.165) is 29.7 Å². The third-order valence-corrected chi connectivity index (χ3v) is 12.5. The number of benzene rings is 1. The number of rotatable bonds is 15. The van der Waals surface area contributed by atoms with E-state index in [1.165, 1.54) is 18.3 Å². The number of nitrogens with one attached hydrogen (secondary N) is 2. The monoisotopic (exact) mass is 765 g/mol. The molecule has 3 amide bonds. The smallest absolute Gasteiger partial charge is 0.311 e.